The fourth-order valence-corrected chi connectivity index (χ4v) is 8.05. The Morgan fingerprint density at radius 3 is 0.391 bits per heavy atom. The van der Waals surface area contributed by atoms with E-state index in [1.165, 1.54) is 193 Å². The molecule has 9 nitrogen and oxygen atoms in total. The van der Waals surface area contributed by atoms with E-state index in [2.05, 4.69) is 41.5 Å². The molecular weight excluding hydrogens is 865 g/mol. The molecule has 0 amide bonds. The zero-order chi connectivity index (χ0) is 51.5. The zero-order valence-electron chi connectivity index (χ0n) is 46.6. The van der Waals surface area contributed by atoms with Gasteiger partial charge in [0.25, 0.3) is 0 Å². The number of hydrogen-bond acceptors (Lipinski definition) is 9. The Bertz CT molecular complexity index is 914. The van der Waals surface area contributed by atoms with Gasteiger partial charge in [-0.05, 0) is 38.5 Å². The fraction of sp³-hybridized carbons (Fsp3) is 0.900. The molecule has 0 saturated carbocycles. The zero-order valence-corrected chi connectivity index (χ0v) is 46.6. The average Bonchev–Trinajstić information content (AvgIpc) is 3.32. The molecule has 0 heterocycles. The van der Waals surface area contributed by atoms with Crippen molar-refractivity contribution in [1.82, 2.24) is 0 Å². The molecule has 0 N–H and O–H groups in total. The summed E-state index contributed by atoms with van der Waals surface area (Å²) in [4.78, 5) is 69.3. The van der Waals surface area contributed by atoms with Crippen LogP contribution in [0.1, 0.15) is 350 Å². The Kier molecular flexibility index (Phi) is 63.0. The van der Waals surface area contributed by atoms with Crippen molar-refractivity contribution in [1.29, 1.82) is 0 Å². The summed E-state index contributed by atoms with van der Waals surface area (Å²) in [5.74, 6) is -2.05. The van der Waals surface area contributed by atoms with Gasteiger partial charge < -0.3 is 14.2 Å². The largest absolute Gasteiger partial charge is 0.393 e. The van der Waals surface area contributed by atoms with Gasteiger partial charge in [0.15, 0.2) is 0 Å². The number of esters is 6. The van der Waals surface area contributed by atoms with Crippen molar-refractivity contribution in [2.24, 2.45) is 0 Å². The summed E-state index contributed by atoms with van der Waals surface area (Å²) in [6.07, 6.45) is 51.4. The number of carbonyl (C=O) groups excluding carboxylic acids is 6. The normalized spacial score (nSPS) is 10.7. The van der Waals surface area contributed by atoms with Gasteiger partial charge >= 0.3 is 35.8 Å². The first-order chi connectivity index (χ1) is 33.6. The highest BCUT2D eigenvalue weighted by atomic mass is 16.6. The van der Waals surface area contributed by atoms with E-state index < -0.39 is 0 Å². The monoisotopic (exact) mass is 979 g/mol. The highest BCUT2D eigenvalue weighted by molar-refractivity contribution is 5.86. The minimum Gasteiger partial charge on any atom is -0.393 e. The number of unbranched alkanes of at least 4 members (excludes halogenated alkanes) is 36. The maximum Gasteiger partial charge on any atom is 0.313 e. The molecule has 0 saturated heterocycles. The maximum atomic E-state index is 11.6. The first-order valence-electron chi connectivity index (χ1n) is 29.8. The molecule has 0 spiro atoms. The first-order valence-corrected chi connectivity index (χ1v) is 29.8. The molecule has 0 unspecified atom stereocenters. The Morgan fingerprint density at radius 1 is 0.174 bits per heavy atom. The van der Waals surface area contributed by atoms with E-state index in [4.69, 9.17) is 14.2 Å². The minimum atomic E-state index is -0.341. The second kappa shape index (κ2) is 61.5. The fourth-order valence-electron chi connectivity index (χ4n) is 8.05. The van der Waals surface area contributed by atoms with Crippen LogP contribution in [0.3, 0.4) is 0 Å². The van der Waals surface area contributed by atoms with E-state index in [1.54, 1.807) is 0 Å². The predicted octanol–water partition coefficient (Wildman–Crippen LogP) is 19.0. The van der Waals surface area contributed by atoms with Crippen molar-refractivity contribution in [3.8, 4) is 0 Å². The second-order valence-corrected chi connectivity index (χ2v) is 19.8. The average molecular weight is 980 g/mol. The molecule has 0 rings (SSSR count). The van der Waals surface area contributed by atoms with Crippen molar-refractivity contribution in [2.45, 2.75) is 350 Å². The van der Waals surface area contributed by atoms with E-state index >= 15 is 0 Å². The summed E-state index contributed by atoms with van der Waals surface area (Å²) in [6, 6.07) is 0. The molecule has 0 aliphatic rings. The van der Waals surface area contributed by atoms with Crippen LogP contribution in [0.5, 0.6) is 0 Å². The van der Waals surface area contributed by atoms with E-state index in [0.717, 1.165) is 77.0 Å². The van der Waals surface area contributed by atoms with Gasteiger partial charge in [-0.15, -0.1) is 0 Å². The van der Waals surface area contributed by atoms with Crippen LogP contribution in [0.15, 0.2) is 0 Å². The Labute approximate surface area is 427 Å². The molecule has 0 fully saturated rings. The molecule has 0 aromatic rings. The standard InChI is InChI=1S/3C20H38O3/c3*1-3-5-7-9-11-13-15-17-19(21)23-20(22)18-16-14-12-10-8-6-4-2/h3*3-18H2,1-2H3. The summed E-state index contributed by atoms with van der Waals surface area (Å²) in [5, 5.41) is 0. The highest BCUT2D eigenvalue weighted by Gasteiger charge is 2.12. The van der Waals surface area contributed by atoms with Gasteiger partial charge in [-0.3, -0.25) is 28.8 Å². The van der Waals surface area contributed by atoms with E-state index in [-0.39, 0.29) is 35.8 Å². The quantitative estimate of drug-likeness (QED) is 0.0253. The van der Waals surface area contributed by atoms with E-state index in [0.29, 0.717) is 38.5 Å². The molecule has 0 aromatic heterocycles. The van der Waals surface area contributed by atoms with Crippen molar-refractivity contribution in [2.75, 3.05) is 0 Å². The van der Waals surface area contributed by atoms with Gasteiger partial charge in [0.2, 0.25) is 0 Å². The molecular formula is C60H114O9. The van der Waals surface area contributed by atoms with Crippen molar-refractivity contribution >= 4 is 35.8 Å². The van der Waals surface area contributed by atoms with Crippen LogP contribution < -0.4 is 0 Å². The molecule has 408 valence electrons. The van der Waals surface area contributed by atoms with Crippen LogP contribution in [0.4, 0.5) is 0 Å². The smallest absolute Gasteiger partial charge is 0.313 e. The van der Waals surface area contributed by atoms with Crippen LogP contribution in [0, 0.1) is 0 Å². The number of carbonyl (C=O) groups is 6. The topological polar surface area (TPSA) is 130 Å². The van der Waals surface area contributed by atoms with Gasteiger partial charge in [0.05, 0.1) is 0 Å². The molecule has 0 aliphatic heterocycles. The van der Waals surface area contributed by atoms with Gasteiger partial charge in [0, 0.05) is 38.5 Å². The van der Waals surface area contributed by atoms with Gasteiger partial charge in [-0.2, -0.15) is 0 Å². The minimum absolute atomic E-state index is 0.341. The van der Waals surface area contributed by atoms with Gasteiger partial charge in [-0.1, -0.05) is 273 Å². The molecule has 69 heavy (non-hydrogen) atoms. The Balaban J connectivity index is -0.000000947. The SMILES string of the molecule is CCCCCCCCCC(=O)OC(=O)CCCCCCCCC.CCCCCCCCCC(=O)OC(=O)CCCCCCCCC.CCCCCCCCCC(=O)OC(=O)CCCCCCCCC. The third-order valence-corrected chi connectivity index (χ3v) is 12.6. The molecule has 0 bridgehead atoms. The summed E-state index contributed by atoms with van der Waals surface area (Å²) in [5.41, 5.74) is 0. The number of rotatable bonds is 48. The van der Waals surface area contributed by atoms with E-state index in [1.807, 2.05) is 0 Å². The lowest BCUT2D eigenvalue weighted by molar-refractivity contribution is -0.161. The lowest BCUT2D eigenvalue weighted by Crippen LogP contribution is -2.11. The van der Waals surface area contributed by atoms with Crippen molar-refractivity contribution in [3.63, 3.8) is 0 Å². The van der Waals surface area contributed by atoms with Gasteiger partial charge in [0.1, 0.15) is 0 Å². The van der Waals surface area contributed by atoms with Crippen molar-refractivity contribution < 1.29 is 43.0 Å². The second-order valence-electron chi connectivity index (χ2n) is 19.8. The first kappa shape index (κ1) is 70.7. The van der Waals surface area contributed by atoms with Crippen LogP contribution in [0.2, 0.25) is 0 Å². The highest BCUT2D eigenvalue weighted by Crippen LogP contribution is 2.15. The van der Waals surface area contributed by atoms with Crippen LogP contribution in [0.25, 0.3) is 0 Å². The predicted molar refractivity (Wildman–Crippen MR) is 289 cm³/mol. The van der Waals surface area contributed by atoms with Crippen LogP contribution in [-0.2, 0) is 43.0 Å². The summed E-state index contributed by atoms with van der Waals surface area (Å²) >= 11 is 0. The third kappa shape index (κ3) is 65.4. The van der Waals surface area contributed by atoms with Crippen molar-refractivity contribution in [3.05, 3.63) is 0 Å². The Hall–Kier alpha value is -2.58. The van der Waals surface area contributed by atoms with E-state index in [9.17, 15) is 28.8 Å². The van der Waals surface area contributed by atoms with Gasteiger partial charge in [-0.25, -0.2) is 0 Å². The van der Waals surface area contributed by atoms with Crippen LogP contribution >= 0.6 is 0 Å². The lowest BCUT2D eigenvalue weighted by atomic mass is 10.1. The lowest BCUT2D eigenvalue weighted by Gasteiger charge is -2.04. The Morgan fingerprint density at radius 2 is 0.275 bits per heavy atom. The summed E-state index contributed by atoms with van der Waals surface area (Å²) in [7, 11) is 0. The molecule has 0 aliphatic carbocycles. The molecule has 9 heteroatoms. The molecule has 0 atom stereocenters. The third-order valence-electron chi connectivity index (χ3n) is 12.6. The maximum absolute atomic E-state index is 11.6. The summed E-state index contributed by atoms with van der Waals surface area (Å²) < 4.78 is 14.6. The molecule has 0 radical (unpaired) electrons. The van der Waals surface area contributed by atoms with Crippen LogP contribution in [-0.4, -0.2) is 35.8 Å². The number of ether oxygens (including phenoxy) is 3. The number of hydrogen-bond donors (Lipinski definition) is 0. The molecule has 0 aromatic carbocycles. The summed E-state index contributed by atoms with van der Waals surface area (Å²) in [6.45, 7) is 13.2.